The van der Waals surface area contributed by atoms with Crippen molar-refractivity contribution in [3.05, 3.63) is 29.8 Å². The molecule has 2 rings (SSSR count). The summed E-state index contributed by atoms with van der Waals surface area (Å²) < 4.78 is 23.7. The Balaban J connectivity index is 3.01. The Kier molecular flexibility index (Phi) is 31.2. The van der Waals surface area contributed by atoms with Gasteiger partial charge in [-0.3, -0.25) is 52.8 Å². The number of carbonyl (C=O) groups is 11. The van der Waals surface area contributed by atoms with E-state index in [0.29, 0.717) is 17.7 Å². The van der Waals surface area contributed by atoms with Gasteiger partial charge in [-0.2, -0.15) is 0 Å². The SMILES string of the molecule is CC[C@H](C)[C@H]1C(=O)N[C@@H](C)C(=O)N(C)[C@@H](CC(C)C)C(=O)N[C@@H](Cc2ccc(OC)cc2)C(=O)N(C)[C@H](C)C(=O)O[C@H](C)[C@H](N(C)C(=O)[C@H](CC(C)C)N(C)C(=O)[C@H](COC(C)(C)C)N(C)C(=O)[C@H](OC(=O)[C@H](C(C)C)N(C)C)C(C)C)C(=O)N(C)[C@@H](C)C(=O)N1C. The first-order chi connectivity index (χ1) is 42.4. The van der Waals surface area contributed by atoms with Gasteiger partial charge in [0.05, 0.1) is 19.3 Å². The molecule has 92 heavy (non-hydrogen) atoms. The predicted molar refractivity (Wildman–Crippen MR) is 350 cm³/mol. The van der Waals surface area contributed by atoms with Gasteiger partial charge in [-0.05, 0) is 123 Å². The summed E-state index contributed by atoms with van der Waals surface area (Å²) in [6.45, 7) is 28.7. The average Bonchev–Trinajstić information content (AvgIpc) is 0.808. The van der Waals surface area contributed by atoms with Crippen LogP contribution in [0, 0.1) is 29.6 Å². The van der Waals surface area contributed by atoms with Crippen molar-refractivity contribution in [1.29, 1.82) is 0 Å². The monoisotopic (exact) mass is 1300 g/mol. The molecule has 522 valence electrons. The number of cyclic esters (lactones) is 1. The third kappa shape index (κ3) is 21.6. The van der Waals surface area contributed by atoms with Gasteiger partial charge in [-0.15, -0.1) is 0 Å². The highest BCUT2D eigenvalue weighted by Crippen LogP contribution is 2.26. The minimum Gasteiger partial charge on any atom is -0.497 e. The Bertz CT molecular complexity index is 2690. The first-order valence-electron chi connectivity index (χ1n) is 32.2. The lowest BCUT2D eigenvalue weighted by Gasteiger charge is -2.41. The summed E-state index contributed by atoms with van der Waals surface area (Å²) in [6, 6.07) is -6.09. The van der Waals surface area contributed by atoms with Crippen LogP contribution in [-0.2, 0) is 73.4 Å². The Labute approximate surface area is 548 Å². The van der Waals surface area contributed by atoms with Crippen LogP contribution in [0.15, 0.2) is 24.3 Å². The lowest BCUT2D eigenvalue weighted by molar-refractivity contribution is -0.171. The zero-order valence-electron chi connectivity index (χ0n) is 60.4. The van der Waals surface area contributed by atoms with Crippen LogP contribution in [0.25, 0.3) is 0 Å². The van der Waals surface area contributed by atoms with Crippen LogP contribution >= 0.6 is 0 Å². The molecule has 0 spiro atoms. The van der Waals surface area contributed by atoms with E-state index < -0.39 is 155 Å². The molecule has 1 fully saturated rings. The molecule has 0 unspecified atom stereocenters. The molecule has 1 aromatic rings. The van der Waals surface area contributed by atoms with Gasteiger partial charge in [0.25, 0.3) is 5.91 Å². The Morgan fingerprint density at radius 2 is 1.18 bits per heavy atom. The van der Waals surface area contributed by atoms with Gasteiger partial charge in [-0.1, -0.05) is 87.8 Å². The maximum Gasteiger partial charge on any atom is 0.328 e. The number of esters is 2. The first kappa shape index (κ1) is 81.2. The maximum atomic E-state index is 15.6. The molecule has 9 amide bonds. The molecule has 0 aromatic heterocycles. The number of benzene rings is 1. The molecule has 13 atom stereocenters. The molecule has 1 saturated heterocycles. The second-order valence-electron chi connectivity index (χ2n) is 27.7. The molecule has 0 saturated carbocycles. The van der Waals surface area contributed by atoms with E-state index in [1.165, 1.54) is 98.8 Å². The van der Waals surface area contributed by atoms with E-state index in [-0.39, 0.29) is 43.6 Å². The summed E-state index contributed by atoms with van der Waals surface area (Å²) in [7, 11) is 14.6. The quantitative estimate of drug-likeness (QED) is 0.155. The van der Waals surface area contributed by atoms with Crippen LogP contribution in [0.1, 0.15) is 143 Å². The van der Waals surface area contributed by atoms with Crippen molar-refractivity contribution in [2.24, 2.45) is 29.6 Å². The topological polar surface area (TPSA) is 275 Å². The third-order valence-corrected chi connectivity index (χ3v) is 17.4. The highest BCUT2D eigenvalue weighted by atomic mass is 16.6. The van der Waals surface area contributed by atoms with Crippen molar-refractivity contribution >= 4 is 65.1 Å². The van der Waals surface area contributed by atoms with Crippen LogP contribution in [0.3, 0.4) is 0 Å². The van der Waals surface area contributed by atoms with Gasteiger partial charge in [0.2, 0.25) is 47.3 Å². The molecule has 25 heteroatoms. The number of methoxy groups -OCH3 is 1. The average molecular weight is 1300 g/mol. The summed E-state index contributed by atoms with van der Waals surface area (Å²) in [4.78, 5) is 173. The summed E-state index contributed by atoms with van der Waals surface area (Å²) in [5.74, 6) is -9.38. The molecule has 0 radical (unpaired) electrons. The smallest absolute Gasteiger partial charge is 0.328 e. The number of ether oxygens (including phenoxy) is 4. The highest BCUT2D eigenvalue weighted by Gasteiger charge is 2.47. The number of nitrogens with one attached hydrogen (secondary N) is 2. The van der Waals surface area contributed by atoms with Gasteiger partial charge < -0.3 is 63.9 Å². The van der Waals surface area contributed by atoms with Crippen molar-refractivity contribution in [1.82, 2.24) is 49.8 Å². The van der Waals surface area contributed by atoms with Gasteiger partial charge in [0.15, 0.2) is 6.10 Å². The molecule has 1 heterocycles. The van der Waals surface area contributed by atoms with Crippen molar-refractivity contribution in [3.8, 4) is 5.75 Å². The molecule has 0 aliphatic carbocycles. The van der Waals surface area contributed by atoms with Gasteiger partial charge in [0.1, 0.15) is 72.3 Å². The largest absolute Gasteiger partial charge is 0.497 e. The summed E-state index contributed by atoms with van der Waals surface area (Å²) >= 11 is 0. The van der Waals surface area contributed by atoms with Gasteiger partial charge in [0, 0.05) is 55.8 Å². The fourth-order valence-electron chi connectivity index (χ4n) is 11.2. The van der Waals surface area contributed by atoms with E-state index in [0.717, 1.165) is 19.6 Å². The van der Waals surface area contributed by atoms with Crippen LogP contribution in [0.5, 0.6) is 5.75 Å². The fraction of sp³-hybridized carbons (Fsp3) is 0.746. The van der Waals surface area contributed by atoms with Crippen molar-refractivity contribution in [3.63, 3.8) is 0 Å². The second kappa shape index (κ2) is 35.4. The van der Waals surface area contributed by atoms with Crippen molar-refractivity contribution in [2.45, 2.75) is 222 Å². The minimum absolute atomic E-state index is 0.00381. The number of hydrogen-bond acceptors (Lipinski definition) is 16. The molecule has 1 aromatic carbocycles. The third-order valence-electron chi connectivity index (χ3n) is 17.4. The lowest BCUT2D eigenvalue weighted by atomic mass is 9.95. The Hall–Kier alpha value is -6.89. The molecular formula is C67H114N10O15. The summed E-state index contributed by atoms with van der Waals surface area (Å²) in [6.07, 6.45) is -2.41. The molecule has 2 N–H and O–H groups in total. The first-order valence-corrected chi connectivity index (χ1v) is 32.2. The maximum absolute atomic E-state index is 15.6. The number of carbonyl (C=O) groups excluding carboxylic acids is 11. The van der Waals surface area contributed by atoms with E-state index in [1.807, 2.05) is 48.5 Å². The normalized spacial score (nSPS) is 23.3. The number of amides is 9. The fourth-order valence-corrected chi connectivity index (χ4v) is 11.2. The van der Waals surface area contributed by atoms with E-state index in [9.17, 15) is 38.4 Å². The van der Waals surface area contributed by atoms with Crippen molar-refractivity contribution in [2.75, 3.05) is 77.1 Å². The molecule has 1 aliphatic heterocycles. The standard InChI is InChI=1S/C67H114N10O15/c1-28-41(10)53-57(79)68-42(11)58(80)73(22)49(33-37(2)3)56(78)69-48(35-46-29-31-47(89-27)32-30-46)60(82)72(21)44(13)65(87)91-45(14)54(63(85)71(20)43(12)59(81)76(53)25)77(26)61(83)50(34-38(4)5)74(23)62(84)51(36-90-67(15,16)17)75(24)64(86)55(40(8)9)92-66(88)52(39(6)7)70(18)19/h29-32,37-45,48-55H,28,33-36H2,1-27H3,(H,68,79)(H,69,78)/t41-,42-,43-,44+,45+,48-,49-,50-,51-,52-,53-,54-,55+/m0/s1. The van der Waals surface area contributed by atoms with Crippen molar-refractivity contribution < 1.29 is 71.7 Å². The summed E-state index contributed by atoms with van der Waals surface area (Å²) in [5.41, 5.74) is -0.225. The van der Waals surface area contributed by atoms with Crippen LogP contribution in [0.2, 0.25) is 0 Å². The lowest BCUT2D eigenvalue weighted by Crippen LogP contribution is -2.63. The van der Waals surface area contributed by atoms with Crippen LogP contribution in [0.4, 0.5) is 0 Å². The van der Waals surface area contributed by atoms with E-state index in [2.05, 4.69) is 10.6 Å². The molecule has 0 bridgehead atoms. The van der Waals surface area contributed by atoms with E-state index >= 15 is 14.4 Å². The highest BCUT2D eigenvalue weighted by molar-refractivity contribution is 5.99. The number of rotatable bonds is 22. The van der Waals surface area contributed by atoms with E-state index in [1.54, 1.807) is 84.8 Å². The Morgan fingerprint density at radius 1 is 0.641 bits per heavy atom. The van der Waals surface area contributed by atoms with Gasteiger partial charge in [-0.25, -0.2) is 4.79 Å². The zero-order valence-corrected chi connectivity index (χ0v) is 60.4. The Morgan fingerprint density at radius 3 is 1.66 bits per heavy atom. The minimum atomic E-state index is -1.75. The summed E-state index contributed by atoms with van der Waals surface area (Å²) in [5, 5.41) is 5.64. The number of hydrogen-bond donors (Lipinski definition) is 2. The molecule has 1 aliphatic rings. The zero-order chi connectivity index (χ0) is 71.0. The number of likely N-dealkylation sites (N-methyl/N-ethyl adjacent to an activating group) is 8. The molecule has 25 nitrogen and oxygen atoms in total. The molecular weight excluding hydrogens is 1180 g/mol. The second-order valence-corrected chi connectivity index (χ2v) is 27.7. The predicted octanol–water partition coefficient (Wildman–Crippen LogP) is 4.11. The van der Waals surface area contributed by atoms with Crippen LogP contribution < -0.4 is 15.4 Å². The number of nitrogens with zero attached hydrogens (tertiary/aromatic N) is 8. The van der Waals surface area contributed by atoms with E-state index in [4.69, 9.17) is 18.9 Å². The van der Waals surface area contributed by atoms with Crippen LogP contribution in [-0.4, -0.2) is 260 Å². The van der Waals surface area contributed by atoms with Gasteiger partial charge >= 0.3 is 11.9 Å².